The Labute approximate surface area is 198 Å². The van der Waals surface area contributed by atoms with E-state index in [1.165, 1.54) is 31.8 Å². The first kappa shape index (κ1) is 25.0. The number of esters is 1. The Morgan fingerprint density at radius 1 is 1.03 bits per heavy atom. The zero-order chi connectivity index (χ0) is 24.9. The number of methoxy groups -OCH3 is 1. The number of hydrogen-bond acceptors (Lipinski definition) is 7. The summed E-state index contributed by atoms with van der Waals surface area (Å²) in [6.45, 7) is 5.11. The number of carbonyl (C=O) groups excluding carboxylic acids is 2. The number of amides is 1. The molecular formula is C25H27NO7S. The lowest BCUT2D eigenvalue weighted by molar-refractivity contribution is 0.0518. The molecule has 9 heteroatoms. The molecule has 0 fully saturated rings. The van der Waals surface area contributed by atoms with Crippen LogP contribution in [0, 0.1) is 0 Å². The van der Waals surface area contributed by atoms with E-state index in [4.69, 9.17) is 13.9 Å². The molecule has 1 heterocycles. The summed E-state index contributed by atoms with van der Waals surface area (Å²) >= 11 is 0. The molecule has 0 bridgehead atoms. The molecule has 2 aromatic carbocycles. The molecule has 34 heavy (non-hydrogen) atoms. The molecule has 3 rings (SSSR count). The van der Waals surface area contributed by atoms with E-state index in [9.17, 15) is 18.0 Å². The first-order valence-corrected chi connectivity index (χ1v) is 12.2. The minimum atomic E-state index is -3.75. The van der Waals surface area contributed by atoms with Gasteiger partial charge in [0.2, 0.25) is 0 Å². The molecular weight excluding hydrogens is 458 g/mol. The summed E-state index contributed by atoms with van der Waals surface area (Å²) in [5, 5.41) is 2.65. The van der Waals surface area contributed by atoms with E-state index in [0.29, 0.717) is 16.7 Å². The van der Waals surface area contributed by atoms with Gasteiger partial charge in [0.15, 0.2) is 9.84 Å². The van der Waals surface area contributed by atoms with Gasteiger partial charge in [-0.25, -0.2) is 18.0 Å². The highest BCUT2D eigenvalue weighted by Gasteiger charge is 2.26. The molecule has 0 aliphatic carbocycles. The lowest BCUT2D eigenvalue weighted by atomic mass is 9.93. The number of nitrogens with one attached hydrogen (secondary N) is 1. The van der Waals surface area contributed by atoms with E-state index in [2.05, 4.69) is 5.32 Å². The van der Waals surface area contributed by atoms with Crippen LogP contribution in [0.15, 0.2) is 70.4 Å². The van der Waals surface area contributed by atoms with Crippen molar-refractivity contribution in [2.24, 2.45) is 0 Å². The van der Waals surface area contributed by atoms with Crippen molar-refractivity contribution in [3.05, 3.63) is 77.7 Å². The van der Waals surface area contributed by atoms with Crippen LogP contribution in [0.25, 0.3) is 11.1 Å². The summed E-state index contributed by atoms with van der Waals surface area (Å²) in [6.07, 6.45) is 2.29. The van der Waals surface area contributed by atoms with Crippen molar-refractivity contribution in [2.75, 3.05) is 7.11 Å². The van der Waals surface area contributed by atoms with Gasteiger partial charge < -0.3 is 19.2 Å². The van der Waals surface area contributed by atoms with Crippen LogP contribution in [0.1, 0.15) is 42.3 Å². The largest absolute Gasteiger partial charge is 0.472 e. The number of sulfone groups is 1. The second kappa shape index (κ2) is 10.1. The molecule has 8 nitrogen and oxygen atoms in total. The molecule has 1 N–H and O–H groups in total. The molecule has 0 saturated heterocycles. The number of alkyl carbamates (subject to hydrolysis) is 1. The number of hydrogen-bond donors (Lipinski definition) is 1. The van der Waals surface area contributed by atoms with E-state index in [1.54, 1.807) is 57.2 Å². The number of benzene rings is 2. The standard InChI is InChI=1S/C25H27NO7S/c1-25(2,3)33-24(28)26-14-21-20(17-12-13-32-15-17)11-10-18(22(21)23(27)31-4)16-34(29,30)19-8-6-5-7-9-19/h5-13,15H,14,16H2,1-4H3,(H,26,28). The van der Waals surface area contributed by atoms with E-state index in [-0.39, 0.29) is 22.6 Å². The second-order valence-corrected chi connectivity index (χ2v) is 10.5. The maximum absolute atomic E-state index is 13.1. The third-order valence-corrected chi connectivity index (χ3v) is 6.56. The molecule has 0 saturated carbocycles. The minimum Gasteiger partial charge on any atom is -0.472 e. The molecule has 1 aromatic heterocycles. The fourth-order valence-electron chi connectivity index (χ4n) is 3.44. The van der Waals surface area contributed by atoms with Crippen LogP contribution in [0.5, 0.6) is 0 Å². The van der Waals surface area contributed by atoms with Gasteiger partial charge in [-0.1, -0.05) is 30.3 Å². The lowest BCUT2D eigenvalue weighted by Crippen LogP contribution is -2.32. The molecule has 0 radical (unpaired) electrons. The van der Waals surface area contributed by atoms with Crippen molar-refractivity contribution in [3.63, 3.8) is 0 Å². The Kier molecular flexibility index (Phi) is 7.46. The Morgan fingerprint density at radius 2 is 1.74 bits per heavy atom. The van der Waals surface area contributed by atoms with Gasteiger partial charge in [-0.2, -0.15) is 0 Å². The highest BCUT2D eigenvalue weighted by Crippen LogP contribution is 2.31. The first-order valence-electron chi connectivity index (χ1n) is 10.5. The third kappa shape index (κ3) is 6.05. The van der Waals surface area contributed by atoms with Crippen LogP contribution in [0.4, 0.5) is 4.79 Å². The fraction of sp³-hybridized carbons (Fsp3) is 0.280. The number of carbonyl (C=O) groups is 2. The predicted molar refractivity (Wildman–Crippen MR) is 126 cm³/mol. The van der Waals surface area contributed by atoms with Crippen LogP contribution in [0.2, 0.25) is 0 Å². The van der Waals surface area contributed by atoms with Crippen molar-refractivity contribution in [2.45, 2.75) is 43.6 Å². The van der Waals surface area contributed by atoms with Gasteiger partial charge >= 0.3 is 12.1 Å². The summed E-state index contributed by atoms with van der Waals surface area (Å²) < 4.78 is 41.6. The maximum Gasteiger partial charge on any atom is 0.407 e. The molecule has 1 amide bonds. The normalized spacial score (nSPS) is 11.6. The monoisotopic (exact) mass is 485 g/mol. The van der Waals surface area contributed by atoms with Crippen molar-refractivity contribution >= 4 is 21.9 Å². The Hall–Kier alpha value is -3.59. The summed E-state index contributed by atoms with van der Waals surface area (Å²) in [7, 11) is -2.54. The number of furan rings is 1. The van der Waals surface area contributed by atoms with Gasteiger partial charge in [0.25, 0.3) is 0 Å². The Morgan fingerprint density at radius 3 is 2.32 bits per heavy atom. The molecule has 0 atom stereocenters. The van der Waals surface area contributed by atoms with Gasteiger partial charge in [-0.05, 0) is 55.7 Å². The van der Waals surface area contributed by atoms with Gasteiger partial charge in [-0.3, -0.25) is 0 Å². The molecule has 0 unspecified atom stereocenters. The van der Waals surface area contributed by atoms with Crippen molar-refractivity contribution in [3.8, 4) is 11.1 Å². The highest BCUT2D eigenvalue weighted by molar-refractivity contribution is 7.90. The van der Waals surface area contributed by atoms with E-state index < -0.39 is 33.3 Å². The van der Waals surface area contributed by atoms with E-state index in [0.717, 1.165) is 0 Å². The topological polar surface area (TPSA) is 112 Å². The van der Waals surface area contributed by atoms with E-state index in [1.807, 2.05) is 0 Å². The average molecular weight is 486 g/mol. The maximum atomic E-state index is 13.1. The van der Waals surface area contributed by atoms with Crippen LogP contribution >= 0.6 is 0 Å². The predicted octanol–water partition coefficient (Wildman–Crippen LogP) is 4.73. The number of rotatable bonds is 7. The summed E-state index contributed by atoms with van der Waals surface area (Å²) in [5.74, 6) is -1.14. The van der Waals surface area contributed by atoms with Crippen LogP contribution < -0.4 is 5.32 Å². The van der Waals surface area contributed by atoms with Crippen molar-refractivity contribution in [1.29, 1.82) is 0 Å². The summed E-state index contributed by atoms with van der Waals surface area (Å²) in [5.41, 5.74) is 1.24. The van der Waals surface area contributed by atoms with Crippen molar-refractivity contribution in [1.82, 2.24) is 5.32 Å². The minimum absolute atomic E-state index is 0.0664. The molecule has 0 aliphatic rings. The fourth-order valence-corrected chi connectivity index (χ4v) is 4.82. The average Bonchev–Trinajstić information content (AvgIpc) is 3.31. The molecule has 3 aromatic rings. The first-order chi connectivity index (χ1) is 16.0. The zero-order valence-electron chi connectivity index (χ0n) is 19.5. The molecule has 0 spiro atoms. The third-order valence-electron chi connectivity index (χ3n) is 4.88. The molecule has 180 valence electrons. The van der Waals surface area contributed by atoms with Gasteiger partial charge in [-0.15, -0.1) is 0 Å². The van der Waals surface area contributed by atoms with Gasteiger partial charge in [0.1, 0.15) is 5.60 Å². The smallest absolute Gasteiger partial charge is 0.407 e. The van der Waals surface area contributed by atoms with Gasteiger partial charge in [0, 0.05) is 12.1 Å². The SMILES string of the molecule is COC(=O)c1c(CS(=O)(=O)c2ccccc2)ccc(-c2ccoc2)c1CNC(=O)OC(C)(C)C. The van der Waals surface area contributed by atoms with Gasteiger partial charge in [0.05, 0.1) is 35.8 Å². The Bertz CT molecular complexity index is 1260. The van der Waals surface area contributed by atoms with Crippen LogP contribution in [-0.4, -0.2) is 33.2 Å². The highest BCUT2D eigenvalue weighted by atomic mass is 32.2. The van der Waals surface area contributed by atoms with Crippen LogP contribution in [0.3, 0.4) is 0 Å². The zero-order valence-corrected chi connectivity index (χ0v) is 20.3. The lowest BCUT2D eigenvalue weighted by Gasteiger charge is -2.21. The molecule has 0 aliphatic heterocycles. The Balaban J connectivity index is 2.09. The summed E-state index contributed by atoms with van der Waals surface area (Å²) in [4.78, 5) is 25.3. The summed E-state index contributed by atoms with van der Waals surface area (Å²) in [6, 6.07) is 13.0. The van der Waals surface area contributed by atoms with E-state index >= 15 is 0 Å². The van der Waals surface area contributed by atoms with Crippen LogP contribution in [-0.2, 0) is 31.6 Å². The van der Waals surface area contributed by atoms with Crippen molar-refractivity contribution < 1.29 is 31.9 Å². The number of ether oxygens (including phenoxy) is 2. The quantitative estimate of drug-likeness (QED) is 0.481. The second-order valence-electron chi connectivity index (χ2n) is 8.56.